The van der Waals surface area contributed by atoms with Crippen LogP contribution in [-0.4, -0.2) is 65.8 Å². The molecular weight excluding hydrogens is 493 g/mol. The van der Waals surface area contributed by atoms with Gasteiger partial charge in [-0.15, -0.1) is 0 Å². The fraction of sp³-hybridized carbons (Fsp3) is 0.333. The Morgan fingerprint density at radius 2 is 1.82 bits per heavy atom. The van der Waals surface area contributed by atoms with Gasteiger partial charge in [-0.2, -0.15) is 5.10 Å². The van der Waals surface area contributed by atoms with Crippen LogP contribution in [0, 0.1) is 5.82 Å². The largest absolute Gasteiger partial charge is 0.497 e. The van der Waals surface area contributed by atoms with Crippen molar-refractivity contribution in [3.05, 3.63) is 76.9 Å². The van der Waals surface area contributed by atoms with Crippen molar-refractivity contribution in [2.45, 2.75) is 32.0 Å². The van der Waals surface area contributed by atoms with E-state index in [1.807, 2.05) is 12.1 Å². The second-order valence-corrected chi connectivity index (χ2v) is 9.20. The number of aromatic nitrogens is 2. The maximum atomic E-state index is 13.2. The Bertz CT molecular complexity index is 1360. The number of hydrogen-bond donors (Lipinski definition) is 2. The van der Waals surface area contributed by atoms with Crippen molar-refractivity contribution in [2.75, 3.05) is 27.8 Å². The number of halogens is 1. The van der Waals surface area contributed by atoms with Gasteiger partial charge in [0.2, 0.25) is 5.91 Å². The van der Waals surface area contributed by atoms with Crippen LogP contribution in [0.3, 0.4) is 0 Å². The molecule has 200 valence electrons. The number of nitrogens with zero attached hydrogens (tertiary/aromatic N) is 3. The lowest BCUT2D eigenvalue weighted by Gasteiger charge is -2.40. The standard InChI is InChI=1S/C27H30FN5O5/c1-27(26(36)30-15-17-5-8-19(28)9-6-17)16-33-22(25(35)32(27)2)14-21(31-33)24(34)29-12-11-18-7-10-20(37-3)13-23(18)38-4/h5-10,13-14H,11-12,15-16H2,1-4H3,(H,29,34)(H,30,36). The summed E-state index contributed by atoms with van der Waals surface area (Å²) in [5, 5.41) is 9.94. The lowest BCUT2D eigenvalue weighted by molar-refractivity contribution is -0.132. The zero-order valence-electron chi connectivity index (χ0n) is 21.7. The van der Waals surface area contributed by atoms with Gasteiger partial charge in [0.1, 0.15) is 28.5 Å². The van der Waals surface area contributed by atoms with Crippen LogP contribution in [0.25, 0.3) is 0 Å². The van der Waals surface area contributed by atoms with Gasteiger partial charge < -0.3 is 25.0 Å². The molecule has 4 rings (SSSR count). The zero-order chi connectivity index (χ0) is 27.4. The SMILES string of the molecule is COc1ccc(CCNC(=O)c2cc3n(n2)CC(C)(C(=O)NCc2ccc(F)cc2)N(C)C3=O)c(OC)c1. The van der Waals surface area contributed by atoms with Crippen molar-refractivity contribution in [3.8, 4) is 11.5 Å². The Labute approximate surface area is 219 Å². The van der Waals surface area contributed by atoms with E-state index in [2.05, 4.69) is 15.7 Å². The first-order valence-electron chi connectivity index (χ1n) is 12.0. The molecule has 1 aliphatic rings. The molecule has 1 aromatic heterocycles. The third kappa shape index (κ3) is 5.31. The minimum Gasteiger partial charge on any atom is -0.497 e. The number of carbonyl (C=O) groups excluding carboxylic acids is 3. The topological polar surface area (TPSA) is 115 Å². The number of likely N-dealkylation sites (N-methyl/N-ethyl adjacent to an activating group) is 1. The number of rotatable bonds is 9. The number of hydrogen-bond acceptors (Lipinski definition) is 6. The van der Waals surface area contributed by atoms with Crippen LogP contribution < -0.4 is 20.1 Å². The minimum absolute atomic E-state index is 0.0656. The first kappa shape index (κ1) is 26.6. The van der Waals surface area contributed by atoms with E-state index in [1.54, 1.807) is 39.3 Å². The third-order valence-corrected chi connectivity index (χ3v) is 6.76. The number of methoxy groups -OCH3 is 2. The average Bonchev–Trinajstić information content (AvgIpc) is 3.35. The molecule has 3 aromatic rings. The number of nitrogens with one attached hydrogen (secondary N) is 2. The van der Waals surface area contributed by atoms with Crippen molar-refractivity contribution in [3.63, 3.8) is 0 Å². The third-order valence-electron chi connectivity index (χ3n) is 6.76. The van der Waals surface area contributed by atoms with E-state index in [4.69, 9.17) is 9.47 Å². The summed E-state index contributed by atoms with van der Waals surface area (Å²) >= 11 is 0. The number of ether oxygens (including phenoxy) is 2. The minimum atomic E-state index is -1.24. The molecule has 0 saturated carbocycles. The quantitative estimate of drug-likeness (QED) is 0.444. The number of amides is 3. The summed E-state index contributed by atoms with van der Waals surface area (Å²) < 4.78 is 25.1. The molecule has 3 amide bonds. The van der Waals surface area contributed by atoms with Crippen LogP contribution in [0.5, 0.6) is 11.5 Å². The molecule has 38 heavy (non-hydrogen) atoms. The van der Waals surface area contributed by atoms with Gasteiger partial charge in [0, 0.05) is 32.3 Å². The summed E-state index contributed by atoms with van der Waals surface area (Å²) in [6.45, 7) is 2.20. The Kier molecular flexibility index (Phi) is 7.65. The van der Waals surface area contributed by atoms with E-state index in [0.29, 0.717) is 24.5 Å². The summed E-state index contributed by atoms with van der Waals surface area (Å²) in [5.74, 6) is -0.289. The Morgan fingerprint density at radius 3 is 2.50 bits per heavy atom. The molecule has 11 heteroatoms. The van der Waals surface area contributed by atoms with Crippen LogP contribution in [0.4, 0.5) is 4.39 Å². The van der Waals surface area contributed by atoms with Gasteiger partial charge in [0.25, 0.3) is 11.8 Å². The van der Waals surface area contributed by atoms with Gasteiger partial charge in [0.05, 0.1) is 20.8 Å². The van der Waals surface area contributed by atoms with E-state index in [0.717, 1.165) is 11.1 Å². The fourth-order valence-electron chi connectivity index (χ4n) is 4.27. The van der Waals surface area contributed by atoms with Crippen LogP contribution in [-0.2, 0) is 24.3 Å². The molecule has 0 bridgehead atoms. The van der Waals surface area contributed by atoms with Gasteiger partial charge in [-0.05, 0) is 42.7 Å². The summed E-state index contributed by atoms with van der Waals surface area (Å²) in [6.07, 6.45) is 0.514. The predicted octanol–water partition coefficient (Wildman–Crippen LogP) is 2.17. The number of carbonyl (C=O) groups is 3. The van der Waals surface area contributed by atoms with Crippen LogP contribution >= 0.6 is 0 Å². The highest BCUT2D eigenvalue weighted by molar-refractivity contribution is 6.01. The molecule has 1 atom stereocenters. The molecule has 0 spiro atoms. The maximum Gasteiger partial charge on any atom is 0.272 e. The summed E-state index contributed by atoms with van der Waals surface area (Å²) in [7, 11) is 4.68. The van der Waals surface area contributed by atoms with Crippen LogP contribution in [0.2, 0.25) is 0 Å². The molecule has 0 aliphatic carbocycles. The van der Waals surface area contributed by atoms with Crippen LogP contribution in [0.15, 0.2) is 48.5 Å². The summed E-state index contributed by atoms with van der Waals surface area (Å²) in [5.41, 5.74) is 0.684. The molecule has 1 aliphatic heterocycles. The molecule has 2 aromatic carbocycles. The van der Waals surface area contributed by atoms with Crippen molar-refractivity contribution >= 4 is 17.7 Å². The van der Waals surface area contributed by atoms with Crippen molar-refractivity contribution < 1.29 is 28.2 Å². The van der Waals surface area contributed by atoms with Gasteiger partial charge in [-0.25, -0.2) is 4.39 Å². The fourth-order valence-corrected chi connectivity index (χ4v) is 4.27. The smallest absolute Gasteiger partial charge is 0.272 e. The van der Waals surface area contributed by atoms with Crippen molar-refractivity contribution in [2.24, 2.45) is 0 Å². The molecule has 0 saturated heterocycles. The summed E-state index contributed by atoms with van der Waals surface area (Å²) in [4.78, 5) is 40.4. The monoisotopic (exact) mass is 523 g/mol. The van der Waals surface area contributed by atoms with E-state index in [9.17, 15) is 18.8 Å². The summed E-state index contributed by atoms with van der Waals surface area (Å²) in [6, 6.07) is 12.7. The van der Waals surface area contributed by atoms with Gasteiger partial charge in [-0.3, -0.25) is 19.1 Å². The van der Waals surface area contributed by atoms with Gasteiger partial charge in [0.15, 0.2) is 5.69 Å². The van der Waals surface area contributed by atoms with Gasteiger partial charge >= 0.3 is 0 Å². The van der Waals surface area contributed by atoms with E-state index in [1.165, 1.54) is 34.8 Å². The predicted molar refractivity (Wildman–Crippen MR) is 137 cm³/mol. The van der Waals surface area contributed by atoms with Gasteiger partial charge in [-0.1, -0.05) is 18.2 Å². The molecule has 10 nitrogen and oxygen atoms in total. The molecule has 0 fully saturated rings. The van der Waals surface area contributed by atoms with Crippen LogP contribution in [0.1, 0.15) is 39.0 Å². The first-order valence-corrected chi connectivity index (χ1v) is 12.0. The second-order valence-electron chi connectivity index (χ2n) is 9.20. The molecule has 0 radical (unpaired) electrons. The Balaban J connectivity index is 1.41. The van der Waals surface area contributed by atoms with E-state index >= 15 is 0 Å². The number of fused-ring (bicyclic) bond motifs is 1. The average molecular weight is 524 g/mol. The van der Waals surface area contributed by atoms with E-state index < -0.39 is 23.3 Å². The lowest BCUT2D eigenvalue weighted by atomic mass is 9.96. The second kappa shape index (κ2) is 10.9. The van der Waals surface area contributed by atoms with Crippen molar-refractivity contribution in [1.29, 1.82) is 0 Å². The van der Waals surface area contributed by atoms with E-state index in [-0.39, 0.29) is 30.3 Å². The highest BCUT2D eigenvalue weighted by Gasteiger charge is 2.46. The Morgan fingerprint density at radius 1 is 1.08 bits per heavy atom. The van der Waals surface area contributed by atoms with Crippen molar-refractivity contribution in [1.82, 2.24) is 25.3 Å². The molecule has 2 heterocycles. The molecule has 2 N–H and O–H groups in total. The zero-order valence-corrected chi connectivity index (χ0v) is 21.7. The first-order chi connectivity index (χ1) is 18.2. The molecular formula is C27H30FN5O5. The highest BCUT2D eigenvalue weighted by atomic mass is 19.1. The Hall–Kier alpha value is -4.41. The maximum absolute atomic E-state index is 13.2. The highest BCUT2D eigenvalue weighted by Crippen LogP contribution is 2.27. The molecule has 1 unspecified atom stereocenters. The lowest BCUT2D eigenvalue weighted by Crippen LogP contribution is -2.62. The normalized spacial score (nSPS) is 16.6. The number of benzene rings is 2.